The van der Waals surface area contributed by atoms with Crippen LogP contribution in [0.3, 0.4) is 0 Å². The summed E-state index contributed by atoms with van der Waals surface area (Å²) >= 11 is 0. The van der Waals surface area contributed by atoms with Crippen molar-refractivity contribution in [3.8, 4) is 28.3 Å². The number of ether oxygens (including phenoxy) is 1. The summed E-state index contributed by atoms with van der Waals surface area (Å²) in [5.41, 5.74) is 3.16. The fourth-order valence-electron chi connectivity index (χ4n) is 3.51. The fourth-order valence-corrected chi connectivity index (χ4v) is 3.51. The Morgan fingerprint density at radius 1 is 0.970 bits per heavy atom. The van der Waals surface area contributed by atoms with E-state index < -0.39 is 0 Å². The fraction of sp³-hybridized carbons (Fsp3) is 0.125. The molecule has 3 aromatic heterocycles. The molecule has 5 rings (SSSR count). The van der Waals surface area contributed by atoms with Crippen LogP contribution in [0.2, 0.25) is 0 Å². The van der Waals surface area contributed by atoms with Gasteiger partial charge in [0.1, 0.15) is 35.3 Å². The maximum atomic E-state index is 13.4. The molecular formula is C24H19FN6O2. The monoisotopic (exact) mass is 442 g/mol. The molecule has 1 unspecified atom stereocenters. The summed E-state index contributed by atoms with van der Waals surface area (Å²) in [5, 5.41) is 8.14. The van der Waals surface area contributed by atoms with E-state index in [9.17, 15) is 4.39 Å². The molecule has 33 heavy (non-hydrogen) atoms. The summed E-state index contributed by atoms with van der Waals surface area (Å²) in [6.45, 7) is 1.90. The average Bonchev–Trinajstić information content (AvgIpc) is 3.35. The number of pyridine rings is 1. The first-order chi connectivity index (χ1) is 16.1. The van der Waals surface area contributed by atoms with Gasteiger partial charge in [0.2, 0.25) is 11.7 Å². The number of nitrogens with zero attached hydrogens (tertiary/aromatic N) is 5. The van der Waals surface area contributed by atoms with E-state index in [0.29, 0.717) is 28.8 Å². The van der Waals surface area contributed by atoms with Gasteiger partial charge in [-0.1, -0.05) is 17.3 Å². The van der Waals surface area contributed by atoms with Crippen molar-refractivity contribution in [2.45, 2.75) is 13.0 Å². The summed E-state index contributed by atoms with van der Waals surface area (Å²) in [4.78, 5) is 17.3. The molecule has 164 valence electrons. The number of benzene rings is 2. The van der Waals surface area contributed by atoms with Crippen molar-refractivity contribution in [3.63, 3.8) is 0 Å². The van der Waals surface area contributed by atoms with Crippen LogP contribution >= 0.6 is 0 Å². The second-order valence-electron chi connectivity index (χ2n) is 7.36. The van der Waals surface area contributed by atoms with E-state index in [-0.39, 0.29) is 11.9 Å². The molecular weight excluding hydrogens is 423 g/mol. The lowest BCUT2D eigenvalue weighted by Gasteiger charge is -2.15. The molecule has 0 amide bonds. The van der Waals surface area contributed by atoms with Gasteiger partial charge in [0.15, 0.2) is 0 Å². The minimum atomic E-state index is -0.327. The van der Waals surface area contributed by atoms with Crippen molar-refractivity contribution >= 4 is 16.7 Å². The summed E-state index contributed by atoms with van der Waals surface area (Å²) < 4.78 is 24.4. The van der Waals surface area contributed by atoms with Crippen LogP contribution in [0.25, 0.3) is 33.4 Å². The number of fused-ring (bicyclic) bond motifs is 1. The molecule has 0 aliphatic heterocycles. The van der Waals surface area contributed by atoms with Crippen LogP contribution in [-0.4, -0.2) is 32.2 Å². The van der Waals surface area contributed by atoms with Gasteiger partial charge in [-0.3, -0.25) is 4.98 Å². The lowest BCUT2D eigenvalue weighted by atomic mass is 10.0. The SMILES string of the molecule is COc1cc(-c2ccc(F)cc2)cc2c(NC(C)c3nc(-c4ccncc4)no3)ncnc12. The predicted molar refractivity (Wildman–Crippen MR) is 121 cm³/mol. The zero-order chi connectivity index (χ0) is 22.8. The van der Waals surface area contributed by atoms with Crippen molar-refractivity contribution in [2.24, 2.45) is 0 Å². The summed E-state index contributed by atoms with van der Waals surface area (Å²) in [5.74, 6) is 1.77. The Morgan fingerprint density at radius 2 is 1.76 bits per heavy atom. The largest absolute Gasteiger partial charge is 0.494 e. The van der Waals surface area contributed by atoms with Gasteiger partial charge in [-0.15, -0.1) is 0 Å². The smallest absolute Gasteiger partial charge is 0.249 e. The van der Waals surface area contributed by atoms with Crippen molar-refractivity contribution in [1.29, 1.82) is 0 Å². The van der Waals surface area contributed by atoms with Crippen LogP contribution in [0.1, 0.15) is 18.9 Å². The Morgan fingerprint density at radius 3 is 2.52 bits per heavy atom. The first kappa shape index (κ1) is 20.5. The first-order valence-corrected chi connectivity index (χ1v) is 10.2. The van der Waals surface area contributed by atoms with Crippen molar-refractivity contribution < 1.29 is 13.7 Å². The molecule has 3 heterocycles. The van der Waals surface area contributed by atoms with Crippen LogP contribution in [0, 0.1) is 5.82 Å². The van der Waals surface area contributed by atoms with Gasteiger partial charge in [-0.25, -0.2) is 14.4 Å². The van der Waals surface area contributed by atoms with E-state index in [2.05, 4.69) is 30.4 Å². The zero-order valence-corrected chi connectivity index (χ0v) is 17.9. The molecule has 0 fully saturated rings. The quantitative estimate of drug-likeness (QED) is 0.389. The van der Waals surface area contributed by atoms with Crippen molar-refractivity contribution in [3.05, 3.63) is 79.0 Å². The number of hydrogen-bond acceptors (Lipinski definition) is 8. The molecule has 8 nitrogen and oxygen atoms in total. The maximum absolute atomic E-state index is 13.4. The third-order valence-electron chi connectivity index (χ3n) is 5.21. The number of anilines is 1. The Bertz CT molecular complexity index is 1410. The van der Waals surface area contributed by atoms with E-state index in [1.165, 1.54) is 18.5 Å². The van der Waals surface area contributed by atoms with Gasteiger partial charge in [-0.2, -0.15) is 4.98 Å². The third kappa shape index (κ3) is 4.08. The lowest BCUT2D eigenvalue weighted by molar-refractivity contribution is 0.368. The summed E-state index contributed by atoms with van der Waals surface area (Å²) in [7, 11) is 1.58. The molecule has 0 aliphatic carbocycles. The molecule has 2 aromatic carbocycles. The topological polar surface area (TPSA) is 98.8 Å². The minimum absolute atomic E-state index is 0.295. The molecule has 1 atom stereocenters. The van der Waals surface area contributed by atoms with Gasteiger partial charge >= 0.3 is 0 Å². The van der Waals surface area contributed by atoms with E-state index >= 15 is 0 Å². The highest BCUT2D eigenvalue weighted by molar-refractivity contribution is 5.96. The number of methoxy groups -OCH3 is 1. The highest BCUT2D eigenvalue weighted by Crippen LogP contribution is 2.35. The van der Waals surface area contributed by atoms with E-state index in [4.69, 9.17) is 9.26 Å². The van der Waals surface area contributed by atoms with Gasteiger partial charge in [0, 0.05) is 23.3 Å². The number of halogens is 1. The molecule has 0 saturated carbocycles. The molecule has 1 N–H and O–H groups in total. The molecule has 0 bridgehead atoms. The van der Waals surface area contributed by atoms with Crippen LogP contribution < -0.4 is 10.1 Å². The van der Waals surface area contributed by atoms with Crippen molar-refractivity contribution in [1.82, 2.24) is 25.1 Å². The normalized spacial score (nSPS) is 12.0. The third-order valence-corrected chi connectivity index (χ3v) is 5.21. The van der Waals surface area contributed by atoms with Crippen molar-refractivity contribution in [2.75, 3.05) is 12.4 Å². The number of nitrogens with one attached hydrogen (secondary N) is 1. The second-order valence-corrected chi connectivity index (χ2v) is 7.36. The highest BCUT2D eigenvalue weighted by atomic mass is 19.1. The summed E-state index contributed by atoms with van der Waals surface area (Å²) in [6, 6.07) is 13.4. The van der Waals surface area contributed by atoms with Gasteiger partial charge in [-0.05, 0) is 54.4 Å². The van der Waals surface area contributed by atoms with Crippen LogP contribution in [-0.2, 0) is 0 Å². The molecule has 9 heteroatoms. The van der Waals surface area contributed by atoms with Crippen LogP contribution in [0.5, 0.6) is 5.75 Å². The lowest BCUT2D eigenvalue weighted by Crippen LogP contribution is -2.09. The van der Waals surface area contributed by atoms with Gasteiger partial charge in [0.05, 0.1) is 7.11 Å². The first-order valence-electron chi connectivity index (χ1n) is 10.2. The average molecular weight is 442 g/mol. The Kier molecular flexibility index (Phi) is 5.35. The van der Waals surface area contributed by atoms with Crippen LogP contribution in [0.15, 0.2) is 71.8 Å². The maximum Gasteiger partial charge on any atom is 0.249 e. The minimum Gasteiger partial charge on any atom is -0.494 e. The van der Waals surface area contributed by atoms with Gasteiger partial charge < -0.3 is 14.6 Å². The van der Waals surface area contributed by atoms with Crippen LogP contribution in [0.4, 0.5) is 10.2 Å². The molecule has 5 aromatic rings. The standard InChI is InChI=1S/C24H19FN6O2/c1-14(24-30-22(31-33-24)16-7-9-26-10-8-16)29-23-19-11-17(15-3-5-18(25)6-4-15)12-20(32-2)21(19)27-13-28-23/h3-14H,1-2H3,(H,27,28,29). The van der Waals surface area contributed by atoms with E-state index in [1.54, 1.807) is 31.6 Å². The Hall–Kier alpha value is -4.40. The van der Waals surface area contributed by atoms with E-state index in [0.717, 1.165) is 22.1 Å². The number of hydrogen-bond donors (Lipinski definition) is 1. The van der Waals surface area contributed by atoms with E-state index in [1.807, 2.05) is 31.2 Å². The Labute approximate surface area is 188 Å². The number of rotatable bonds is 6. The molecule has 0 aliphatic rings. The number of aromatic nitrogens is 5. The highest BCUT2D eigenvalue weighted by Gasteiger charge is 2.18. The second kappa shape index (κ2) is 8.62. The Balaban J connectivity index is 1.51. The van der Waals surface area contributed by atoms with Gasteiger partial charge in [0.25, 0.3) is 0 Å². The zero-order valence-electron chi connectivity index (χ0n) is 17.9. The predicted octanol–water partition coefficient (Wildman–Crippen LogP) is 5.06. The summed E-state index contributed by atoms with van der Waals surface area (Å²) in [6.07, 6.45) is 4.81. The molecule has 0 spiro atoms. The molecule has 0 saturated heterocycles. The molecule has 0 radical (unpaired) electrons.